The van der Waals surface area contributed by atoms with Crippen LogP contribution in [0.1, 0.15) is 23.8 Å². The van der Waals surface area contributed by atoms with E-state index in [4.69, 9.17) is 4.74 Å². The average Bonchev–Trinajstić information content (AvgIpc) is 2.47. The van der Waals surface area contributed by atoms with Crippen molar-refractivity contribution in [2.45, 2.75) is 13.3 Å². The number of Topliss-reactive ketones (excluding diaryl/α,β-unsaturated/α-hetero) is 1. The molecule has 6 nitrogen and oxygen atoms in total. The minimum absolute atomic E-state index is 0.0745. The van der Waals surface area contributed by atoms with Gasteiger partial charge < -0.3 is 14.4 Å². The number of aromatic nitrogens is 1. The quantitative estimate of drug-likeness (QED) is 0.528. The molecule has 0 aliphatic rings. The molecule has 0 fully saturated rings. The van der Waals surface area contributed by atoms with Gasteiger partial charge in [-0.05, 0) is 12.1 Å². The summed E-state index contributed by atoms with van der Waals surface area (Å²) in [5.41, 5.74) is 1.27. The minimum atomic E-state index is -0.263. The van der Waals surface area contributed by atoms with E-state index in [2.05, 4.69) is 9.72 Å². The molecule has 1 rings (SSSR count). The molecule has 0 unspecified atom stereocenters. The first-order chi connectivity index (χ1) is 9.58. The van der Waals surface area contributed by atoms with Crippen molar-refractivity contribution in [2.75, 3.05) is 38.8 Å². The van der Waals surface area contributed by atoms with Crippen molar-refractivity contribution in [3.8, 4) is 0 Å². The molecule has 0 aromatic carbocycles. The summed E-state index contributed by atoms with van der Waals surface area (Å²) in [6.45, 7) is 3.16. The molecule has 0 bridgehead atoms. The third-order valence-corrected chi connectivity index (χ3v) is 2.85. The van der Waals surface area contributed by atoms with E-state index in [0.29, 0.717) is 25.4 Å². The smallest absolute Gasteiger partial charge is 0.307 e. The van der Waals surface area contributed by atoms with Crippen molar-refractivity contribution in [2.24, 2.45) is 0 Å². The van der Waals surface area contributed by atoms with E-state index < -0.39 is 0 Å². The molecule has 0 spiro atoms. The zero-order valence-corrected chi connectivity index (χ0v) is 12.1. The number of pyridine rings is 1. The molecule has 20 heavy (non-hydrogen) atoms. The second-order valence-electron chi connectivity index (χ2n) is 4.26. The van der Waals surface area contributed by atoms with Crippen molar-refractivity contribution in [1.29, 1.82) is 0 Å². The van der Waals surface area contributed by atoms with E-state index in [1.807, 2.05) is 11.0 Å². The van der Waals surface area contributed by atoms with Gasteiger partial charge in [0.2, 0.25) is 0 Å². The molecule has 1 aromatic heterocycles. The Morgan fingerprint density at radius 2 is 2.00 bits per heavy atom. The van der Waals surface area contributed by atoms with Gasteiger partial charge in [-0.3, -0.25) is 14.6 Å². The summed E-state index contributed by atoms with van der Waals surface area (Å²) in [6, 6.07) is 3.49. The summed E-state index contributed by atoms with van der Waals surface area (Å²) >= 11 is 0. The monoisotopic (exact) mass is 280 g/mol. The Labute approximate surface area is 118 Å². The first-order valence-electron chi connectivity index (χ1n) is 6.36. The number of carbonyl (C=O) groups excluding carboxylic acids is 2. The van der Waals surface area contributed by atoms with Gasteiger partial charge >= 0.3 is 5.97 Å². The molecule has 0 saturated carbocycles. The first-order valence-corrected chi connectivity index (χ1v) is 6.36. The van der Waals surface area contributed by atoms with Crippen LogP contribution in [0.25, 0.3) is 0 Å². The van der Waals surface area contributed by atoms with Crippen LogP contribution >= 0.6 is 0 Å². The maximum Gasteiger partial charge on any atom is 0.307 e. The highest BCUT2D eigenvalue weighted by Crippen LogP contribution is 2.14. The van der Waals surface area contributed by atoms with Crippen molar-refractivity contribution in [1.82, 2.24) is 4.98 Å². The predicted octanol–water partition coefficient (Wildman–Crippen LogP) is 1.30. The summed E-state index contributed by atoms with van der Waals surface area (Å²) in [6.07, 6.45) is 1.92. The Morgan fingerprint density at radius 3 is 2.50 bits per heavy atom. The molecular formula is C14H20N2O4. The van der Waals surface area contributed by atoms with Crippen molar-refractivity contribution in [3.63, 3.8) is 0 Å². The number of hydrogen-bond donors (Lipinski definition) is 0. The SMILES string of the molecule is COCCN(CCC(=O)OC)c1ccc(C(C)=O)nc1. The molecule has 0 N–H and O–H groups in total. The molecule has 0 atom stereocenters. The maximum absolute atomic E-state index is 11.2. The van der Waals surface area contributed by atoms with Crippen LogP contribution in [-0.4, -0.2) is 50.7 Å². The van der Waals surface area contributed by atoms with Crippen molar-refractivity contribution < 1.29 is 19.1 Å². The van der Waals surface area contributed by atoms with Crippen molar-refractivity contribution >= 4 is 17.4 Å². The standard InChI is InChI=1S/C14H20N2O4/c1-11(17)13-5-4-12(10-15-13)16(8-9-19-2)7-6-14(18)20-3/h4-5,10H,6-9H2,1-3H3. The fourth-order valence-electron chi connectivity index (χ4n) is 1.68. The van der Waals surface area contributed by atoms with Gasteiger partial charge in [-0.2, -0.15) is 0 Å². The Kier molecular flexibility index (Phi) is 6.66. The van der Waals surface area contributed by atoms with Gasteiger partial charge in [-0.15, -0.1) is 0 Å². The highest BCUT2D eigenvalue weighted by Gasteiger charge is 2.10. The molecule has 0 amide bonds. The number of esters is 1. The molecule has 6 heteroatoms. The van der Waals surface area contributed by atoms with E-state index in [1.165, 1.54) is 14.0 Å². The van der Waals surface area contributed by atoms with Gasteiger partial charge in [0.25, 0.3) is 0 Å². The number of ketones is 1. The predicted molar refractivity (Wildman–Crippen MR) is 75.0 cm³/mol. The van der Waals surface area contributed by atoms with E-state index in [9.17, 15) is 9.59 Å². The lowest BCUT2D eigenvalue weighted by Crippen LogP contribution is -2.30. The van der Waals surface area contributed by atoms with Crippen LogP contribution < -0.4 is 4.90 Å². The summed E-state index contributed by atoms with van der Waals surface area (Å²) in [5.74, 6) is -0.338. The van der Waals surface area contributed by atoms with E-state index in [0.717, 1.165) is 5.69 Å². The number of hydrogen-bond acceptors (Lipinski definition) is 6. The van der Waals surface area contributed by atoms with Gasteiger partial charge in [0, 0.05) is 27.1 Å². The molecule has 0 radical (unpaired) electrons. The molecular weight excluding hydrogens is 260 g/mol. The fraction of sp³-hybridized carbons (Fsp3) is 0.500. The minimum Gasteiger partial charge on any atom is -0.469 e. The topological polar surface area (TPSA) is 68.7 Å². The second-order valence-corrected chi connectivity index (χ2v) is 4.26. The highest BCUT2D eigenvalue weighted by atomic mass is 16.5. The zero-order chi connectivity index (χ0) is 15.0. The zero-order valence-electron chi connectivity index (χ0n) is 12.1. The van der Waals surface area contributed by atoms with Crippen LogP contribution in [-0.2, 0) is 14.3 Å². The third kappa shape index (κ3) is 4.97. The first kappa shape index (κ1) is 16.1. The maximum atomic E-state index is 11.2. The largest absolute Gasteiger partial charge is 0.469 e. The third-order valence-electron chi connectivity index (χ3n) is 2.85. The van der Waals surface area contributed by atoms with E-state index >= 15 is 0 Å². The van der Waals surface area contributed by atoms with E-state index in [1.54, 1.807) is 19.4 Å². The Balaban J connectivity index is 2.75. The van der Waals surface area contributed by atoms with Crippen LogP contribution in [0.5, 0.6) is 0 Å². The summed E-state index contributed by atoms with van der Waals surface area (Å²) in [4.78, 5) is 28.5. The van der Waals surface area contributed by atoms with Gasteiger partial charge in [-0.1, -0.05) is 0 Å². The van der Waals surface area contributed by atoms with Gasteiger partial charge in [0.05, 0.1) is 32.0 Å². The molecule has 0 aliphatic heterocycles. The summed E-state index contributed by atoms with van der Waals surface area (Å²) < 4.78 is 9.69. The molecule has 110 valence electrons. The van der Waals surface area contributed by atoms with Crippen LogP contribution in [0, 0.1) is 0 Å². The number of methoxy groups -OCH3 is 2. The number of carbonyl (C=O) groups is 2. The molecule has 1 aromatic rings. The van der Waals surface area contributed by atoms with Gasteiger partial charge in [0.1, 0.15) is 5.69 Å². The molecule has 0 aliphatic carbocycles. The second kappa shape index (κ2) is 8.27. The number of ether oxygens (including phenoxy) is 2. The Bertz CT molecular complexity index is 445. The fourth-order valence-corrected chi connectivity index (χ4v) is 1.68. The number of nitrogens with zero attached hydrogens (tertiary/aromatic N) is 2. The Morgan fingerprint density at radius 1 is 1.25 bits per heavy atom. The van der Waals surface area contributed by atoms with Crippen LogP contribution in [0.2, 0.25) is 0 Å². The molecule has 1 heterocycles. The van der Waals surface area contributed by atoms with Gasteiger partial charge in [0.15, 0.2) is 5.78 Å². The van der Waals surface area contributed by atoms with Crippen LogP contribution in [0.3, 0.4) is 0 Å². The van der Waals surface area contributed by atoms with Crippen LogP contribution in [0.4, 0.5) is 5.69 Å². The lowest BCUT2D eigenvalue weighted by Gasteiger charge is -2.23. The normalized spacial score (nSPS) is 10.2. The van der Waals surface area contributed by atoms with Gasteiger partial charge in [-0.25, -0.2) is 0 Å². The average molecular weight is 280 g/mol. The molecule has 0 saturated heterocycles. The number of anilines is 1. The van der Waals surface area contributed by atoms with E-state index in [-0.39, 0.29) is 18.2 Å². The summed E-state index contributed by atoms with van der Waals surface area (Å²) in [7, 11) is 2.99. The lowest BCUT2D eigenvalue weighted by atomic mass is 10.2. The highest BCUT2D eigenvalue weighted by molar-refractivity contribution is 5.92. The number of rotatable bonds is 8. The van der Waals surface area contributed by atoms with Crippen molar-refractivity contribution in [3.05, 3.63) is 24.0 Å². The van der Waals surface area contributed by atoms with Crippen LogP contribution in [0.15, 0.2) is 18.3 Å². The lowest BCUT2D eigenvalue weighted by molar-refractivity contribution is -0.140. The Hall–Kier alpha value is -1.95. The summed E-state index contributed by atoms with van der Waals surface area (Å²) in [5, 5.41) is 0.